The van der Waals surface area contributed by atoms with Crippen molar-refractivity contribution >= 4 is 22.3 Å². The SMILES string of the molecule is CCNC(=NCC(C)N1CCN(CC)CC1)NC1CCN(c2cccs2)CC1. The lowest BCUT2D eigenvalue weighted by Crippen LogP contribution is -2.51. The quantitative estimate of drug-likeness (QED) is 0.537. The van der Waals surface area contributed by atoms with Crippen LogP contribution in [0.4, 0.5) is 5.00 Å². The highest BCUT2D eigenvalue weighted by molar-refractivity contribution is 7.14. The summed E-state index contributed by atoms with van der Waals surface area (Å²) in [6.45, 7) is 16.6. The number of guanidine groups is 1. The predicted octanol–water partition coefficient (Wildman–Crippen LogP) is 2.30. The predicted molar refractivity (Wildman–Crippen MR) is 122 cm³/mol. The second kappa shape index (κ2) is 11.0. The first-order chi connectivity index (χ1) is 13.7. The Morgan fingerprint density at radius 3 is 2.54 bits per heavy atom. The van der Waals surface area contributed by atoms with Gasteiger partial charge in [-0.2, -0.15) is 0 Å². The first-order valence-corrected chi connectivity index (χ1v) is 11.9. The van der Waals surface area contributed by atoms with E-state index in [4.69, 9.17) is 4.99 Å². The second-order valence-corrected chi connectivity index (χ2v) is 8.82. The molecule has 6 nitrogen and oxygen atoms in total. The Labute approximate surface area is 175 Å². The van der Waals surface area contributed by atoms with E-state index >= 15 is 0 Å². The molecule has 1 aromatic rings. The maximum absolute atomic E-state index is 4.92. The van der Waals surface area contributed by atoms with Crippen molar-refractivity contribution in [3.8, 4) is 0 Å². The van der Waals surface area contributed by atoms with Crippen LogP contribution in [-0.4, -0.2) is 86.7 Å². The molecule has 3 heterocycles. The molecule has 2 N–H and O–H groups in total. The van der Waals surface area contributed by atoms with Gasteiger partial charge in [0.1, 0.15) is 0 Å². The van der Waals surface area contributed by atoms with Crippen LogP contribution in [-0.2, 0) is 0 Å². The molecule has 158 valence electrons. The Morgan fingerprint density at radius 1 is 1.18 bits per heavy atom. The van der Waals surface area contributed by atoms with Gasteiger partial charge in [-0.1, -0.05) is 6.92 Å². The highest BCUT2D eigenvalue weighted by Gasteiger charge is 2.22. The van der Waals surface area contributed by atoms with Gasteiger partial charge >= 0.3 is 0 Å². The maximum atomic E-state index is 4.92. The zero-order valence-corrected chi connectivity index (χ0v) is 18.7. The number of nitrogens with zero attached hydrogens (tertiary/aromatic N) is 4. The first kappa shape index (κ1) is 21.4. The van der Waals surface area contributed by atoms with E-state index in [1.807, 2.05) is 11.3 Å². The number of hydrogen-bond acceptors (Lipinski definition) is 5. The number of piperazine rings is 1. The maximum Gasteiger partial charge on any atom is 0.191 e. The third-order valence-electron chi connectivity index (χ3n) is 5.99. The molecule has 2 fully saturated rings. The molecule has 0 spiro atoms. The van der Waals surface area contributed by atoms with Crippen LogP contribution in [0.25, 0.3) is 0 Å². The number of piperidine rings is 1. The van der Waals surface area contributed by atoms with E-state index in [1.165, 1.54) is 24.6 Å². The number of likely N-dealkylation sites (N-methyl/N-ethyl adjacent to an activating group) is 1. The van der Waals surface area contributed by atoms with Crippen molar-refractivity contribution in [2.24, 2.45) is 4.99 Å². The van der Waals surface area contributed by atoms with E-state index in [0.29, 0.717) is 12.1 Å². The fourth-order valence-electron chi connectivity index (χ4n) is 4.07. The van der Waals surface area contributed by atoms with Crippen LogP contribution in [0, 0.1) is 0 Å². The third-order valence-corrected chi connectivity index (χ3v) is 6.92. The number of anilines is 1. The van der Waals surface area contributed by atoms with Crippen LogP contribution < -0.4 is 15.5 Å². The Bertz CT molecular complexity index is 574. The molecule has 0 aliphatic carbocycles. The van der Waals surface area contributed by atoms with Crippen molar-refractivity contribution in [3.63, 3.8) is 0 Å². The highest BCUT2D eigenvalue weighted by atomic mass is 32.1. The smallest absolute Gasteiger partial charge is 0.191 e. The van der Waals surface area contributed by atoms with Crippen molar-refractivity contribution in [2.75, 3.05) is 63.8 Å². The molecular formula is C21H38N6S. The topological polar surface area (TPSA) is 46.1 Å². The van der Waals surface area contributed by atoms with E-state index in [9.17, 15) is 0 Å². The summed E-state index contributed by atoms with van der Waals surface area (Å²) in [6, 6.07) is 5.38. The second-order valence-electron chi connectivity index (χ2n) is 7.90. The molecule has 1 atom stereocenters. The first-order valence-electron chi connectivity index (χ1n) is 11.0. The molecule has 0 saturated carbocycles. The molecule has 2 aliphatic heterocycles. The summed E-state index contributed by atoms with van der Waals surface area (Å²) in [5, 5.41) is 10.7. The molecule has 0 radical (unpaired) electrons. The van der Waals surface area contributed by atoms with Gasteiger partial charge in [0.05, 0.1) is 11.5 Å². The summed E-state index contributed by atoms with van der Waals surface area (Å²) < 4.78 is 0. The third kappa shape index (κ3) is 6.09. The molecule has 1 unspecified atom stereocenters. The zero-order chi connectivity index (χ0) is 19.8. The van der Waals surface area contributed by atoms with Crippen LogP contribution >= 0.6 is 11.3 Å². The molecule has 2 aliphatic rings. The highest BCUT2D eigenvalue weighted by Crippen LogP contribution is 2.24. The van der Waals surface area contributed by atoms with Gasteiger partial charge in [-0.25, -0.2) is 0 Å². The van der Waals surface area contributed by atoms with E-state index in [2.05, 4.69) is 63.6 Å². The Balaban J connectivity index is 1.45. The molecule has 0 bridgehead atoms. The van der Waals surface area contributed by atoms with Gasteiger partial charge in [-0.05, 0) is 50.7 Å². The minimum absolute atomic E-state index is 0.495. The largest absolute Gasteiger partial charge is 0.363 e. The van der Waals surface area contributed by atoms with Crippen molar-refractivity contribution in [1.82, 2.24) is 20.4 Å². The van der Waals surface area contributed by atoms with Gasteiger partial charge in [-0.15, -0.1) is 11.3 Å². The van der Waals surface area contributed by atoms with E-state index < -0.39 is 0 Å². The Kier molecular flexibility index (Phi) is 8.43. The lowest BCUT2D eigenvalue weighted by molar-refractivity contribution is 0.109. The summed E-state index contributed by atoms with van der Waals surface area (Å²) in [4.78, 5) is 12.5. The average Bonchev–Trinajstić information content (AvgIpc) is 3.27. The fourth-order valence-corrected chi connectivity index (χ4v) is 4.85. The van der Waals surface area contributed by atoms with Gasteiger partial charge in [0.15, 0.2) is 5.96 Å². The minimum Gasteiger partial charge on any atom is -0.363 e. The lowest BCUT2D eigenvalue weighted by Gasteiger charge is -2.37. The van der Waals surface area contributed by atoms with E-state index in [0.717, 1.165) is 58.1 Å². The Morgan fingerprint density at radius 2 is 1.93 bits per heavy atom. The molecule has 7 heteroatoms. The van der Waals surface area contributed by atoms with Crippen molar-refractivity contribution in [2.45, 2.75) is 45.7 Å². The van der Waals surface area contributed by atoms with Crippen molar-refractivity contribution < 1.29 is 0 Å². The van der Waals surface area contributed by atoms with Crippen molar-refractivity contribution in [1.29, 1.82) is 0 Å². The normalized spacial score (nSPS) is 21.7. The molecule has 1 aromatic heterocycles. The van der Waals surface area contributed by atoms with E-state index in [-0.39, 0.29) is 0 Å². The van der Waals surface area contributed by atoms with E-state index in [1.54, 1.807) is 0 Å². The van der Waals surface area contributed by atoms with Crippen molar-refractivity contribution in [3.05, 3.63) is 17.5 Å². The zero-order valence-electron chi connectivity index (χ0n) is 17.9. The monoisotopic (exact) mass is 406 g/mol. The summed E-state index contributed by atoms with van der Waals surface area (Å²) >= 11 is 1.84. The fraction of sp³-hybridized carbons (Fsp3) is 0.762. The standard InChI is InChI=1S/C21H38N6S/c1-4-22-21(23-17-18(3)26-14-12-25(5-2)13-15-26)24-19-8-10-27(11-9-19)20-7-6-16-28-20/h6-7,16,18-19H,4-5,8-15,17H2,1-3H3,(H2,22,23,24). The Hall–Kier alpha value is -1.31. The molecule has 3 rings (SSSR count). The molecular weight excluding hydrogens is 368 g/mol. The van der Waals surface area contributed by atoms with Gasteiger partial charge in [0.25, 0.3) is 0 Å². The summed E-state index contributed by atoms with van der Waals surface area (Å²) in [5.41, 5.74) is 0. The average molecular weight is 407 g/mol. The summed E-state index contributed by atoms with van der Waals surface area (Å²) in [6.07, 6.45) is 2.33. The van der Waals surface area contributed by atoms with Gasteiger partial charge in [-0.3, -0.25) is 9.89 Å². The van der Waals surface area contributed by atoms with Crippen LogP contribution in [0.1, 0.15) is 33.6 Å². The number of hydrogen-bond donors (Lipinski definition) is 2. The van der Waals surface area contributed by atoms with Crippen LogP contribution in [0.3, 0.4) is 0 Å². The summed E-state index contributed by atoms with van der Waals surface area (Å²) in [7, 11) is 0. The summed E-state index contributed by atoms with van der Waals surface area (Å²) in [5.74, 6) is 0.983. The molecule has 0 aromatic carbocycles. The number of rotatable bonds is 7. The lowest BCUT2D eigenvalue weighted by atomic mass is 10.1. The molecule has 2 saturated heterocycles. The number of nitrogens with one attached hydrogen (secondary N) is 2. The van der Waals surface area contributed by atoms with Gasteiger partial charge in [0.2, 0.25) is 0 Å². The van der Waals surface area contributed by atoms with Crippen LogP contribution in [0.15, 0.2) is 22.5 Å². The number of aliphatic imine (C=N–C) groups is 1. The minimum atomic E-state index is 0.495. The number of thiophene rings is 1. The van der Waals surface area contributed by atoms with Gasteiger partial charge < -0.3 is 20.4 Å². The van der Waals surface area contributed by atoms with Crippen LogP contribution in [0.5, 0.6) is 0 Å². The van der Waals surface area contributed by atoms with Crippen LogP contribution in [0.2, 0.25) is 0 Å². The molecule has 0 amide bonds. The molecule has 28 heavy (non-hydrogen) atoms. The van der Waals surface area contributed by atoms with Gasteiger partial charge in [0, 0.05) is 57.9 Å².